The summed E-state index contributed by atoms with van der Waals surface area (Å²) in [5.74, 6) is 1.27. The molecule has 4 aliphatic carbocycles. The highest BCUT2D eigenvalue weighted by Crippen LogP contribution is 2.53. The Labute approximate surface area is 274 Å². The monoisotopic (exact) mass is 600 g/mol. The minimum atomic E-state index is -0.00593. The van der Waals surface area contributed by atoms with E-state index in [4.69, 9.17) is 0 Å². The maximum Gasteiger partial charge on any atom is 0.0999 e. The van der Waals surface area contributed by atoms with Crippen LogP contribution in [0.2, 0.25) is 0 Å². The van der Waals surface area contributed by atoms with Crippen LogP contribution < -0.4 is 10.6 Å². The maximum absolute atomic E-state index is 4.07. The van der Waals surface area contributed by atoms with Crippen molar-refractivity contribution in [2.75, 3.05) is 0 Å². The third-order valence-electron chi connectivity index (χ3n) is 10.9. The van der Waals surface area contributed by atoms with Gasteiger partial charge in [-0.3, -0.25) is 5.32 Å². The molecule has 5 aliphatic rings. The molecule has 46 heavy (non-hydrogen) atoms. The highest BCUT2D eigenvalue weighted by molar-refractivity contribution is 5.90. The Morgan fingerprint density at radius 1 is 0.804 bits per heavy atom. The predicted molar refractivity (Wildman–Crippen MR) is 193 cm³/mol. The van der Waals surface area contributed by atoms with Crippen LogP contribution in [-0.4, -0.2) is 6.17 Å². The molecule has 0 amide bonds. The van der Waals surface area contributed by atoms with E-state index in [0.29, 0.717) is 17.8 Å². The van der Waals surface area contributed by atoms with Crippen molar-refractivity contribution in [2.45, 2.75) is 57.7 Å². The van der Waals surface area contributed by atoms with E-state index < -0.39 is 0 Å². The van der Waals surface area contributed by atoms with Gasteiger partial charge in [-0.05, 0) is 88.6 Å². The number of nitrogens with one attached hydrogen (secondary N) is 2. The maximum atomic E-state index is 4.07. The molecule has 0 radical (unpaired) electrons. The fourth-order valence-corrected chi connectivity index (χ4v) is 8.30. The normalized spacial score (nSPS) is 27.7. The average molecular weight is 601 g/mol. The van der Waals surface area contributed by atoms with Crippen LogP contribution in [0.15, 0.2) is 150 Å². The predicted octanol–water partition coefficient (Wildman–Crippen LogP) is 9.92. The molecule has 230 valence electrons. The molecule has 2 N–H and O–H groups in total. The second kappa shape index (κ2) is 11.8. The van der Waals surface area contributed by atoms with Gasteiger partial charge in [-0.2, -0.15) is 0 Å². The van der Waals surface area contributed by atoms with Crippen molar-refractivity contribution in [3.05, 3.63) is 178 Å². The molecule has 5 atom stereocenters. The molecule has 0 saturated heterocycles. The first-order valence-electron chi connectivity index (χ1n) is 17.1. The molecule has 0 fully saturated rings. The number of hydrogen-bond donors (Lipinski definition) is 2. The first-order valence-corrected chi connectivity index (χ1v) is 17.1. The smallest absolute Gasteiger partial charge is 0.0999 e. The summed E-state index contributed by atoms with van der Waals surface area (Å²) in [4.78, 5) is 0. The number of allylic oxidation sites excluding steroid dienone is 11. The van der Waals surface area contributed by atoms with Gasteiger partial charge in [0.05, 0.1) is 12.2 Å². The highest BCUT2D eigenvalue weighted by atomic mass is 15.2. The molecule has 2 nitrogen and oxygen atoms in total. The summed E-state index contributed by atoms with van der Waals surface area (Å²) >= 11 is 0. The fourth-order valence-electron chi connectivity index (χ4n) is 8.30. The van der Waals surface area contributed by atoms with Crippen molar-refractivity contribution in [1.29, 1.82) is 0 Å². The number of rotatable bonds is 5. The number of benzene rings is 3. The molecule has 2 heteroatoms. The van der Waals surface area contributed by atoms with E-state index in [9.17, 15) is 0 Å². The third-order valence-corrected chi connectivity index (χ3v) is 10.9. The van der Waals surface area contributed by atoms with Gasteiger partial charge in [-0.25, -0.2) is 0 Å². The molecule has 8 rings (SSSR count). The van der Waals surface area contributed by atoms with E-state index in [1.807, 2.05) is 0 Å². The Bertz CT molecular complexity index is 1860. The van der Waals surface area contributed by atoms with Crippen molar-refractivity contribution in [1.82, 2.24) is 10.6 Å². The largest absolute Gasteiger partial charge is 0.369 e. The van der Waals surface area contributed by atoms with Gasteiger partial charge < -0.3 is 5.32 Å². The zero-order chi connectivity index (χ0) is 31.3. The topological polar surface area (TPSA) is 24.1 Å². The molecule has 0 bridgehead atoms. The van der Waals surface area contributed by atoms with Crippen molar-refractivity contribution in [2.24, 2.45) is 17.8 Å². The van der Waals surface area contributed by atoms with Gasteiger partial charge in [-0.1, -0.05) is 147 Å². The van der Waals surface area contributed by atoms with E-state index in [1.165, 1.54) is 55.8 Å². The van der Waals surface area contributed by atoms with Crippen LogP contribution in [0.5, 0.6) is 0 Å². The van der Waals surface area contributed by atoms with E-state index in [1.54, 1.807) is 0 Å². The first-order chi connectivity index (χ1) is 22.4. The SMILES string of the molecule is Cc1ccc2c(c1)C(C)(C)C1=CC(C3=CC(c4ccccc4)NC(C4=CC(c5ccccc5)=CC(C5C=CC=CC5)C4)N3)CC=C12. The van der Waals surface area contributed by atoms with Gasteiger partial charge in [0.25, 0.3) is 0 Å². The van der Waals surface area contributed by atoms with E-state index in [2.05, 4.69) is 165 Å². The summed E-state index contributed by atoms with van der Waals surface area (Å²) < 4.78 is 0. The molecule has 3 aromatic rings. The highest BCUT2D eigenvalue weighted by Gasteiger charge is 2.41. The van der Waals surface area contributed by atoms with Crippen LogP contribution >= 0.6 is 0 Å². The molecule has 1 heterocycles. The molecule has 5 unspecified atom stereocenters. The molecule has 0 saturated carbocycles. The van der Waals surface area contributed by atoms with Crippen LogP contribution in [0, 0.1) is 24.7 Å². The second-order valence-corrected chi connectivity index (χ2v) is 14.3. The fraction of sp³-hybridized carbons (Fsp3) is 0.273. The van der Waals surface area contributed by atoms with E-state index in [-0.39, 0.29) is 17.6 Å². The zero-order valence-electron chi connectivity index (χ0n) is 27.2. The van der Waals surface area contributed by atoms with Crippen LogP contribution in [0.1, 0.15) is 67.0 Å². The third kappa shape index (κ3) is 5.29. The van der Waals surface area contributed by atoms with Crippen molar-refractivity contribution in [3.63, 3.8) is 0 Å². The summed E-state index contributed by atoms with van der Waals surface area (Å²) in [6.45, 7) is 7.01. The van der Waals surface area contributed by atoms with Gasteiger partial charge >= 0.3 is 0 Å². The summed E-state index contributed by atoms with van der Waals surface area (Å²) in [6, 6.07) is 29.0. The minimum Gasteiger partial charge on any atom is -0.369 e. The molecule has 1 aliphatic heterocycles. The molecular formula is C44H44N2. The van der Waals surface area contributed by atoms with Gasteiger partial charge in [0.15, 0.2) is 0 Å². The van der Waals surface area contributed by atoms with Gasteiger partial charge in [0.1, 0.15) is 0 Å². The van der Waals surface area contributed by atoms with Crippen LogP contribution in [-0.2, 0) is 5.41 Å². The van der Waals surface area contributed by atoms with E-state index in [0.717, 1.165) is 19.3 Å². The average Bonchev–Trinajstić information content (AvgIpc) is 3.33. The van der Waals surface area contributed by atoms with Gasteiger partial charge in [0.2, 0.25) is 0 Å². The first kappa shape index (κ1) is 29.0. The summed E-state index contributed by atoms with van der Waals surface area (Å²) in [6.07, 6.45) is 24.9. The Morgan fingerprint density at radius 2 is 1.61 bits per heavy atom. The molecule has 0 spiro atoms. The quantitative estimate of drug-likeness (QED) is 0.305. The van der Waals surface area contributed by atoms with Crippen molar-refractivity contribution >= 4 is 11.1 Å². The van der Waals surface area contributed by atoms with Crippen LogP contribution in [0.4, 0.5) is 0 Å². The summed E-state index contributed by atoms with van der Waals surface area (Å²) in [7, 11) is 0. The summed E-state index contributed by atoms with van der Waals surface area (Å²) in [5.41, 5.74) is 13.8. The van der Waals surface area contributed by atoms with Gasteiger partial charge in [-0.15, -0.1) is 0 Å². The molecule has 3 aromatic carbocycles. The number of fused-ring (bicyclic) bond motifs is 3. The Morgan fingerprint density at radius 3 is 2.39 bits per heavy atom. The van der Waals surface area contributed by atoms with Crippen LogP contribution in [0.3, 0.4) is 0 Å². The van der Waals surface area contributed by atoms with Crippen molar-refractivity contribution < 1.29 is 0 Å². The van der Waals surface area contributed by atoms with Crippen LogP contribution in [0.25, 0.3) is 11.1 Å². The Hall–Kier alpha value is -4.40. The lowest BCUT2D eigenvalue weighted by Gasteiger charge is -2.39. The number of aryl methyl sites for hydroxylation is 1. The molecule has 0 aromatic heterocycles. The molecular weight excluding hydrogens is 556 g/mol. The van der Waals surface area contributed by atoms with Gasteiger partial charge in [0, 0.05) is 17.0 Å². The lowest BCUT2D eigenvalue weighted by Crippen LogP contribution is -2.50. The second-order valence-electron chi connectivity index (χ2n) is 14.3. The number of hydrogen-bond acceptors (Lipinski definition) is 2. The lowest BCUT2D eigenvalue weighted by atomic mass is 9.76. The minimum absolute atomic E-state index is 0.00593. The Kier molecular flexibility index (Phi) is 7.42. The van der Waals surface area contributed by atoms with Crippen molar-refractivity contribution in [3.8, 4) is 0 Å². The standard InChI is InChI=1S/C44H44N2/c1-29-19-21-37-38-22-20-33(27-40(38)44(2,3)39(37)23-29)42-28-41(32-17-11-6-12-18-32)45-43(46-42)36-25-34(30-13-7-4-8-14-30)24-35(26-36)31-15-9-5-10-16-31/h4-15,17-19,21-25,27-28,31,33,35,41,43,45-46H,16,20,26H2,1-3H3. The lowest BCUT2D eigenvalue weighted by molar-refractivity contribution is 0.389. The summed E-state index contributed by atoms with van der Waals surface area (Å²) in [5, 5.41) is 8.11. The zero-order valence-corrected chi connectivity index (χ0v) is 27.2. The van der Waals surface area contributed by atoms with E-state index >= 15 is 0 Å². The Balaban J connectivity index is 1.16.